The number of rotatable bonds is 5. The van der Waals surface area contributed by atoms with Crippen molar-refractivity contribution < 1.29 is 9.53 Å². The summed E-state index contributed by atoms with van der Waals surface area (Å²) in [5.41, 5.74) is 0.630. The summed E-state index contributed by atoms with van der Waals surface area (Å²) in [6.07, 6.45) is 1.59. The minimum Gasteiger partial charge on any atom is -0.361 e. The highest BCUT2D eigenvalue weighted by atomic mass is 79.9. The van der Waals surface area contributed by atoms with Crippen LogP contribution in [0, 0.1) is 0 Å². The predicted octanol–water partition coefficient (Wildman–Crippen LogP) is 4.34. The number of pyridine rings is 1. The Morgan fingerprint density at radius 3 is 2.71 bits per heavy atom. The summed E-state index contributed by atoms with van der Waals surface area (Å²) >= 11 is 13.0. The van der Waals surface area contributed by atoms with Gasteiger partial charge in [0.05, 0.1) is 10.6 Å². The number of nitrogens with zero attached hydrogens (tertiary/aromatic N) is 2. The Balaban J connectivity index is 2.12. The molecule has 0 radical (unpaired) electrons. The molecule has 0 aliphatic carbocycles. The molecule has 0 atom stereocenters. The Kier molecular flexibility index (Phi) is 5.20. The van der Waals surface area contributed by atoms with Gasteiger partial charge in [-0.2, -0.15) is 0 Å². The zero-order valence-corrected chi connectivity index (χ0v) is 17.0. The molecule has 0 spiro atoms. The molecule has 1 aliphatic heterocycles. The molecule has 116 valence electrons. The summed E-state index contributed by atoms with van der Waals surface area (Å²) in [6, 6.07) is 2.72. The first-order chi connectivity index (χ1) is 9.64. The predicted molar refractivity (Wildman–Crippen MR) is 95.2 cm³/mol. The lowest BCUT2D eigenvalue weighted by molar-refractivity contribution is -0.119. The molecule has 2 rings (SSSR count). The fourth-order valence-electron chi connectivity index (χ4n) is 1.95. The van der Waals surface area contributed by atoms with Gasteiger partial charge in [0, 0.05) is 20.9 Å². The van der Waals surface area contributed by atoms with Gasteiger partial charge in [-0.25, -0.2) is 4.98 Å². The number of aromatic nitrogens is 1. The molecule has 1 aromatic rings. The standard InChI is InChI=1S/C13H17Br2ClN2O2Si/c1-21(2,3)7-6-20-8-18-11-10(9(16)4-5-17-11)13(14,15)12(18)19/h4-5H,6-8H2,1-3H3. The van der Waals surface area contributed by atoms with Crippen molar-refractivity contribution in [2.45, 2.75) is 28.9 Å². The van der Waals surface area contributed by atoms with Crippen LogP contribution < -0.4 is 4.90 Å². The summed E-state index contributed by atoms with van der Waals surface area (Å²) in [4.78, 5) is 18.3. The molecule has 0 fully saturated rings. The van der Waals surface area contributed by atoms with E-state index < -0.39 is 11.3 Å². The number of carbonyl (C=O) groups excluding carboxylic acids is 1. The molecule has 4 nitrogen and oxygen atoms in total. The molecular weight excluding hydrogens is 440 g/mol. The largest absolute Gasteiger partial charge is 0.361 e. The number of halogens is 3. The van der Waals surface area contributed by atoms with Crippen LogP contribution in [-0.2, 0) is 12.8 Å². The second-order valence-electron chi connectivity index (χ2n) is 6.15. The van der Waals surface area contributed by atoms with Gasteiger partial charge in [0.15, 0.2) is 3.23 Å². The van der Waals surface area contributed by atoms with E-state index in [4.69, 9.17) is 16.3 Å². The summed E-state index contributed by atoms with van der Waals surface area (Å²) in [7, 11) is -1.14. The lowest BCUT2D eigenvalue weighted by Gasteiger charge is -2.20. The number of ether oxygens (including phenoxy) is 1. The van der Waals surface area contributed by atoms with E-state index in [1.165, 1.54) is 4.90 Å². The van der Waals surface area contributed by atoms with Gasteiger partial charge in [0.1, 0.15) is 12.5 Å². The van der Waals surface area contributed by atoms with Gasteiger partial charge in [0.2, 0.25) is 0 Å². The van der Waals surface area contributed by atoms with Gasteiger partial charge in [-0.3, -0.25) is 9.69 Å². The first kappa shape index (κ1) is 17.4. The highest BCUT2D eigenvalue weighted by Gasteiger charge is 2.50. The van der Waals surface area contributed by atoms with E-state index in [1.54, 1.807) is 12.3 Å². The normalized spacial score (nSPS) is 17.2. The van der Waals surface area contributed by atoms with E-state index in [-0.39, 0.29) is 12.6 Å². The van der Waals surface area contributed by atoms with E-state index in [2.05, 4.69) is 56.5 Å². The Morgan fingerprint density at radius 1 is 1.43 bits per heavy atom. The molecule has 8 heteroatoms. The maximum Gasteiger partial charge on any atom is 0.262 e. The van der Waals surface area contributed by atoms with E-state index in [0.29, 0.717) is 23.0 Å². The summed E-state index contributed by atoms with van der Waals surface area (Å²) in [5.74, 6) is 0.361. The van der Waals surface area contributed by atoms with Gasteiger partial charge in [-0.15, -0.1) is 0 Å². The minimum atomic E-state index is -1.14. The van der Waals surface area contributed by atoms with Crippen LogP contribution in [0.2, 0.25) is 30.7 Å². The fourth-order valence-corrected chi connectivity index (χ4v) is 4.43. The molecule has 21 heavy (non-hydrogen) atoms. The van der Waals surface area contributed by atoms with Crippen molar-refractivity contribution in [1.29, 1.82) is 0 Å². The molecule has 1 amide bonds. The SMILES string of the molecule is C[Si](C)(C)CCOCN1C(=O)C(Br)(Br)c2c(Cl)ccnc21. The number of hydrogen-bond donors (Lipinski definition) is 0. The van der Waals surface area contributed by atoms with Gasteiger partial charge < -0.3 is 4.74 Å². The lowest BCUT2D eigenvalue weighted by atomic mass is 10.2. The van der Waals surface area contributed by atoms with E-state index in [0.717, 1.165) is 6.04 Å². The van der Waals surface area contributed by atoms with Gasteiger partial charge >= 0.3 is 0 Å². The van der Waals surface area contributed by atoms with Gasteiger partial charge in [0.25, 0.3) is 5.91 Å². The maximum atomic E-state index is 12.5. The van der Waals surface area contributed by atoms with Crippen LogP contribution in [0.25, 0.3) is 0 Å². The number of amides is 1. The third kappa shape index (κ3) is 3.69. The Labute approximate surface area is 147 Å². The number of fused-ring (bicyclic) bond motifs is 1. The lowest BCUT2D eigenvalue weighted by Crippen LogP contribution is -2.35. The zero-order valence-electron chi connectivity index (χ0n) is 12.1. The monoisotopic (exact) mass is 454 g/mol. The first-order valence-corrected chi connectivity index (χ1v) is 12.2. The van der Waals surface area contributed by atoms with Crippen LogP contribution in [0.3, 0.4) is 0 Å². The average Bonchev–Trinajstić information content (AvgIpc) is 2.54. The molecular formula is C13H17Br2ClN2O2Si. The molecule has 0 saturated carbocycles. The third-order valence-corrected chi connectivity index (χ3v) is 6.67. The Morgan fingerprint density at radius 2 is 2.10 bits per heavy atom. The molecule has 0 N–H and O–H groups in total. The second-order valence-corrected chi connectivity index (χ2v) is 15.6. The summed E-state index contributed by atoms with van der Waals surface area (Å²) < 4.78 is 4.64. The molecule has 2 heterocycles. The number of alkyl halides is 2. The Bertz CT molecular complexity index is 564. The highest BCUT2D eigenvalue weighted by molar-refractivity contribution is 9.25. The fraction of sp³-hybridized carbons (Fsp3) is 0.538. The molecule has 1 aromatic heterocycles. The van der Waals surface area contributed by atoms with Crippen LogP contribution in [0.4, 0.5) is 5.82 Å². The van der Waals surface area contributed by atoms with E-state index >= 15 is 0 Å². The summed E-state index contributed by atoms with van der Waals surface area (Å²) in [6.45, 7) is 7.69. The molecule has 0 aromatic carbocycles. The zero-order chi connectivity index (χ0) is 15.8. The molecule has 0 saturated heterocycles. The van der Waals surface area contributed by atoms with Crippen molar-refractivity contribution in [2.75, 3.05) is 18.2 Å². The number of anilines is 1. The maximum absolute atomic E-state index is 12.5. The minimum absolute atomic E-state index is 0.175. The van der Waals surface area contributed by atoms with Crippen LogP contribution in [0.15, 0.2) is 12.3 Å². The number of carbonyl (C=O) groups is 1. The van der Waals surface area contributed by atoms with Crippen molar-refractivity contribution in [3.05, 3.63) is 22.8 Å². The third-order valence-electron chi connectivity index (χ3n) is 3.18. The molecule has 0 unspecified atom stereocenters. The van der Waals surface area contributed by atoms with Crippen LogP contribution in [0.1, 0.15) is 5.56 Å². The second kappa shape index (κ2) is 6.27. The van der Waals surface area contributed by atoms with Gasteiger partial charge in [-0.05, 0) is 12.1 Å². The van der Waals surface area contributed by atoms with E-state index in [9.17, 15) is 4.79 Å². The van der Waals surface area contributed by atoms with Crippen LogP contribution in [0.5, 0.6) is 0 Å². The van der Waals surface area contributed by atoms with Crippen LogP contribution >= 0.6 is 43.5 Å². The molecule has 0 bridgehead atoms. The van der Waals surface area contributed by atoms with Crippen molar-refractivity contribution in [1.82, 2.24) is 4.98 Å². The van der Waals surface area contributed by atoms with Crippen molar-refractivity contribution >= 4 is 63.3 Å². The van der Waals surface area contributed by atoms with Crippen molar-refractivity contribution in [2.24, 2.45) is 0 Å². The van der Waals surface area contributed by atoms with E-state index in [1.807, 2.05) is 0 Å². The smallest absolute Gasteiger partial charge is 0.262 e. The van der Waals surface area contributed by atoms with Crippen LogP contribution in [-0.4, -0.2) is 32.3 Å². The summed E-state index contributed by atoms with van der Waals surface area (Å²) in [5, 5.41) is 0.492. The quantitative estimate of drug-likeness (QED) is 0.376. The average molecular weight is 457 g/mol. The first-order valence-electron chi connectivity index (χ1n) is 6.57. The van der Waals surface area contributed by atoms with Crippen molar-refractivity contribution in [3.63, 3.8) is 0 Å². The van der Waals surface area contributed by atoms with Crippen molar-refractivity contribution in [3.8, 4) is 0 Å². The number of hydrogen-bond acceptors (Lipinski definition) is 3. The topological polar surface area (TPSA) is 42.4 Å². The Hall–Kier alpha value is 0.0469. The molecule has 1 aliphatic rings. The highest BCUT2D eigenvalue weighted by Crippen LogP contribution is 2.52. The van der Waals surface area contributed by atoms with Gasteiger partial charge in [-0.1, -0.05) is 63.1 Å².